The molecule has 2 heterocycles. The molecule has 0 fully saturated rings. The highest BCUT2D eigenvalue weighted by atomic mass is 32.1. The molecule has 0 aliphatic rings. The van der Waals surface area contributed by atoms with E-state index in [1.165, 1.54) is 9.75 Å². The van der Waals surface area contributed by atoms with Gasteiger partial charge in [0.05, 0.1) is 6.54 Å². The first-order chi connectivity index (χ1) is 9.24. The zero-order valence-electron chi connectivity index (χ0n) is 11.7. The van der Waals surface area contributed by atoms with Crippen LogP contribution in [0.25, 0.3) is 0 Å². The van der Waals surface area contributed by atoms with Crippen LogP contribution in [0, 0.1) is 6.92 Å². The van der Waals surface area contributed by atoms with Crippen LogP contribution >= 0.6 is 11.3 Å². The first-order valence-electron chi connectivity index (χ1n) is 6.61. The molecule has 0 unspecified atom stereocenters. The Balaban J connectivity index is 2.13. The first kappa shape index (κ1) is 13.8. The largest absolute Gasteiger partial charge is 0.370 e. The number of hydrogen-bond acceptors (Lipinski definition) is 5. The first-order valence-corrected chi connectivity index (χ1v) is 7.43. The SMILES string of the molecule is CCNc1ncnc(NCc2ccc(C)s2)c1CC. The van der Waals surface area contributed by atoms with Crippen molar-refractivity contribution in [2.75, 3.05) is 17.2 Å². The molecule has 0 saturated heterocycles. The summed E-state index contributed by atoms with van der Waals surface area (Å²) in [5.74, 6) is 1.87. The minimum atomic E-state index is 0.814. The van der Waals surface area contributed by atoms with Gasteiger partial charge in [-0.1, -0.05) is 6.92 Å². The predicted molar refractivity (Wildman–Crippen MR) is 82.0 cm³/mol. The monoisotopic (exact) mass is 276 g/mol. The van der Waals surface area contributed by atoms with Crippen LogP contribution < -0.4 is 10.6 Å². The number of hydrogen-bond donors (Lipinski definition) is 2. The van der Waals surface area contributed by atoms with Crippen molar-refractivity contribution in [1.29, 1.82) is 0 Å². The summed E-state index contributed by atoms with van der Waals surface area (Å²) in [5, 5.41) is 6.69. The number of aryl methyl sites for hydroxylation is 1. The van der Waals surface area contributed by atoms with Gasteiger partial charge >= 0.3 is 0 Å². The van der Waals surface area contributed by atoms with Gasteiger partial charge in [0.1, 0.15) is 18.0 Å². The number of nitrogens with one attached hydrogen (secondary N) is 2. The maximum atomic E-state index is 4.36. The highest BCUT2D eigenvalue weighted by molar-refractivity contribution is 7.11. The van der Waals surface area contributed by atoms with Crippen molar-refractivity contribution in [2.45, 2.75) is 33.7 Å². The summed E-state index contributed by atoms with van der Waals surface area (Å²) >= 11 is 1.81. The van der Waals surface area contributed by atoms with Gasteiger partial charge in [0, 0.05) is 21.9 Å². The minimum absolute atomic E-state index is 0.814. The molecule has 2 N–H and O–H groups in total. The van der Waals surface area contributed by atoms with E-state index in [0.29, 0.717) is 0 Å². The molecule has 0 saturated carbocycles. The van der Waals surface area contributed by atoms with Crippen LogP contribution in [0.5, 0.6) is 0 Å². The molecule has 0 aliphatic heterocycles. The number of thiophene rings is 1. The molecule has 4 nitrogen and oxygen atoms in total. The average Bonchev–Trinajstić information content (AvgIpc) is 2.83. The van der Waals surface area contributed by atoms with Crippen LogP contribution in [0.2, 0.25) is 0 Å². The zero-order valence-corrected chi connectivity index (χ0v) is 12.5. The molecular weight excluding hydrogens is 256 g/mol. The Kier molecular flexibility index (Phi) is 4.74. The lowest BCUT2D eigenvalue weighted by molar-refractivity contribution is 1.00. The fourth-order valence-corrected chi connectivity index (χ4v) is 2.80. The third kappa shape index (κ3) is 3.44. The molecule has 5 heteroatoms. The molecule has 19 heavy (non-hydrogen) atoms. The van der Waals surface area contributed by atoms with E-state index in [1.807, 2.05) is 11.3 Å². The molecule has 0 amide bonds. The normalized spacial score (nSPS) is 10.5. The molecule has 0 bridgehead atoms. The second-order valence-electron chi connectivity index (χ2n) is 4.30. The Morgan fingerprint density at radius 1 is 1.11 bits per heavy atom. The lowest BCUT2D eigenvalue weighted by atomic mass is 10.2. The number of aromatic nitrogens is 2. The van der Waals surface area contributed by atoms with E-state index < -0.39 is 0 Å². The van der Waals surface area contributed by atoms with Crippen molar-refractivity contribution in [3.05, 3.63) is 33.8 Å². The van der Waals surface area contributed by atoms with E-state index >= 15 is 0 Å². The van der Waals surface area contributed by atoms with Crippen LogP contribution in [-0.4, -0.2) is 16.5 Å². The molecule has 0 aromatic carbocycles. The summed E-state index contributed by atoms with van der Waals surface area (Å²) in [4.78, 5) is 11.3. The van der Waals surface area contributed by atoms with Gasteiger partial charge < -0.3 is 10.6 Å². The van der Waals surface area contributed by atoms with Crippen LogP contribution in [0.3, 0.4) is 0 Å². The summed E-state index contributed by atoms with van der Waals surface area (Å²) < 4.78 is 0. The van der Waals surface area contributed by atoms with Gasteiger partial charge in [0.15, 0.2) is 0 Å². The molecule has 2 aromatic heterocycles. The molecule has 2 rings (SSSR count). The van der Waals surface area contributed by atoms with Crippen molar-refractivity contribution in [3.8, 4) is 0 Å². The molecule has 0 atom stereocenters. The molecule has 0 aliphatic carbocycles. The van der Waals surface area contributed by atoms with Crippen LogP contribution in [0.4, 0.5) is 11.6 Å². The van der Waals surface area contributed by atoms with Crippen LogP contribution in [0.15, 0.2) is 18.5 Å². The maximum Gasteiger partial charge on any atom is 0.135 e. The topological polar surface area (TPSA) is 49.8 Å². The van der Waals surface area contributed by atoms with Crippen LogP contribution in [0.1, 0.15) is 29.2 Å². The molecular formula is C14H20N4S. The van der Waals surface area contributed by atoms with E-state index in [4.69, 9.17) is 0 Å². The summed E-state index contributed by atoms with van der Waals surface area (Å²) in [5.41, 5.74) is 1.15. The Morgan fingerprint density at radius 2 is 1.84 bits per heavy atom. The summed E-state index contributed by atoms with van der Waals surface area (Å²) in [6, 6.07) is 4.30. The average molecular weight is 276 g/mol. The second kappa shape index (κ2) is 6.52. The van der Waals surface area contributed by atoms with Gasteiger partial charge in [-0.15, -0.1) is 11.3 Å². The van der Waals surface area contributed by atoms with E-state index in [1.54, 1.807) is 6.33 Å². The fourth-order valence-electron chi connectivity index (χ4n) is 1.97. The predicted octanol–water partition coefficient (Wildman–Crippen LogP) is 3.45. The molecule has 0 spiro atoms. The standard InChI is InChI=1S/C14H20N4S/c1-4-12-13(15-5-2)17-9-18-14(12)16-8-11-7-6-10(3)19-11/h6-7,9H,4-5,8H2,1-3H3,(H2,15,16,17,18). The fraction of sp³-hybridized carbons (Fsp3) is 0.429. The lowest BCUT2D eigenvalue weighted by Crippen LogP contribution is -2.09. The lowest BCUT2D eigenvalue weighted by Gasteiger charge is -2.13. The van der Waals surface area contributed by atoms with Crippen molar-refractivity contribution < 1.29 is 0 Å². The van der Waals surface area contributed by atoms with E-state index in [-0.39, 0.29) is 0 Å². The van der Waals surface area contributed by atoms with Gasteiger partial charge in [-0.3, -0.25) is 0 Å². The summed E-state index contributed by atoms with van der Waals surface area (Å²) in [6.07, 6.45) is 2.52. The smallest absolute Gasteiger partial charge is 0.135 e. The van der Waals surface area contributed by atoms with Gasteiger partial charge in [-0.2, -0.15) is 0 Å². The van der Waals surface area contributed by atoms with Crippen molar-refractivity contribution >= 4 is 23.0 Å². The Labute approximate surface area is 118 Å². The van der Waals surface area contributed by atoms with E-state index in [9.17, 15) is 0 Å². The van der Waals surface area contributed by atoms with Crippen LogP contribution in [-0.2, 0) is 13.0 Å². The van der Waals surface area contributed by atoms with Gasteiger partial charge in [0.2, 0.25) is 0 Å². The Hall–Kier alpha value is -1.62. The zero-order chi connectivity index (χ0) is 13.7. The maximum absolute atomic E-state index is 4.36. The number of anilines is 2. The van der Waals surface area contributed by atoms with Crippen molar-refractivity contribution in [1.82, 2.24) is 9.97 Å². The molecule has 102 valence electrons. The number of nitrogens with zero attached hydrogens (tertiary/aromatic N) is 2. The quantitative estimate of drug-likeness (QED) is 0.848. The van der Waals surface area contributed by atoms with Gasteiger partial charge in [-0.25, -0.2) is 9.97 Å². The third-order valence-corrected chi connectivity index (χ3v) is 3.87. The highest BCUT2D eigenvalue weighted by Crippen LogP contribution is 2.22. The third-order valence-electron chi connectivity index (χ3n) is 2.87. The summed E-state index contributed by atoms with van der Waals surface area (Å²) in [7, 11) is 0. The van der Waals surface area contributed by atoms with Crippen molar-refractivity contribution in [2.24, 2.45) is 0 Å². The number of rotatable bonds is 6. The minimum Gasteiger partial charge on any atom is -0.370 e. The van der Waals surface area contributed by atoms with Crippen molar-refractivity contribution in [3.63, 3.8) is 0 Å². The molecule has 0 radical (unpaired) electrons. The second-order valence-corrected chi connectivity index (χ2v) is 5.67. The highest BCUT2D eigenvalue weighted by Gasteiger charge is 2.09. The van der Waals surface area contributed by atoms with Gasteiger partial charge in [0.25, 0.3) is 0 Å². The molecule has 2 aromatic rings. The van der Waals surface area contributed by atoms with Gasteiger partial charge in [-0.05, 0) is 32.4 Å². The van der Waals surface area contributed by atoms with E-state index in [0.717, 1.165) is 36.7 Å². The Bertz CT molecular complexity index is 536. The Morgan fingerprint density at radius 3 is 2.42 bits per heavy atom. The summed E-state index contributed by atoms with van der Waals surface area (Å²) in [6.45, 7) is 8.00. The van der Waals surface area contributed by atoms with E-state index in [2.05, 4.69) is 53.5 Å².